The average Bonchev–Trinajstić information content (AvgIpc) is 2.63. The molecule has 1 rings (SSSR count). The minimum absolute atomic E-state index is 0.447. The van der Waals surface area contributed by atoms with Gasteiger partial charge >= 0.3 is 0 Å². The van der Waals surface area contributed by atoms with Gasteiger partial charge < -0.3 is 10.1 Å². The van der Waals surface area contributed by atoms with E-state index in [0.29, 0.717) is 5.41 Å². The first-order chi connectivity index (χ1) is 7.53. The zero-order valence-electron chi connectivity index (χ0n) is 10.8. The summed E-state index contributed by atoms with van der Waals surface area (Å²) in [7, 11) is 1.73. The Balaban J connectivity index is 2.16. The van der Waals surface area contributed by atoms with Gasteiger partial charge in [0.25, 0.3) is 0 Å². The topological polar surface area (TPSA) is 21.3 Å². The van der Waals surface area contributed by atoms with Crippen molar-refractivity contribution in [3.8, 4) is 5.75 Å². The van der Waals surface area contributed by atoms with Crippen molar-refractivity contribution in [1.29, 1.82) is 0 Å². The lowest BCUT2D eigenvalue weighted by Gasteiger charge is -2.17. The van der Waals surface area contributed by atoms with Crippen LogP contribution in [0.25, 0.3) is 0 Å². The van der Waals surface area contributed by atoms with Crippen molar-refractivity contribution >= 4 is 11.3 Å². The molecule has 2 nitrogen and oxygen atoms in total. The van der Waals surface area contributed by atoms with E-state index in [0.717, 1.165) is 18.8 Å². The van der Waals surface area contributed by atoms with Crippen molar-refractivity contribution in [2.75, 3.05) is 13.7 Å². The number of hydrogen-bond acceptors (Lipinski definition) is 3. The molecule has 0 aromatic carbocycles. The van der Waals surface area contributed by atoms with Crippen LogP contribution >= 0.6 is 11.3 Å². The molecule has 0 amide bonds. The maximum absolute atomic E-state index is 5.27. The summed E-state index contributed by atoms with van der Waals surface area (Å²) in [5.41, 5.74) is 0.447. The zero-order chi connectivity index (χ0) is 12.0. The second-order valence-electron chi connectivity index (χ2n) is 5.25. The van der Waals surface area contributed by atoms with Gasteiger partial charge in [0.1, 0.15) is 5.75 Å². The third-order valence-electron chi connectivity index (χ3n) is 2.49. The average molecular weight is 241 g/mol. The molecule has 0 saturated carbocycles. The van der Waals surface area contributed by atoms with Gasteiger partial charge in [-0.2, -0.15) is 0 Å². The molecular weight excluding hydrogens is 218 g/mol. The van der Waals surface area contributed by atoms with Crippen molar-refractivity contribution in [3.05, 3.63) is 16.3 Å². The molecule has 0 fully saturated rings. The zero-order valence-corrected chi connectivity index (χ0v) is 11.6. The summed E-state index contributed by atoms with van der Waals surface area (Å²) in [6.07, 6.45) is 2.50. The molecule has 1 heterocycles. The van der Waals surface area contributed by atoms with Gasteiger partial charge in [-0.15, -0.1) is 11.3 Å². The number of ether oxygens (including phenoxy) is 1. The van der Waals surface area contributed by atoms with Crippen molar-refractivity contribution in [2.24, 2.45) is 5.41 Å². The van der Waals surface area contributed by atoms with Crippen LogP contribution < -0.4 is 10.1 Å². The Bertz CT molecular complexity index is 301. The standard InChI is InChI=1S/C13H23NOS/c1-13(2,3)7-5-8-14-10-12-11(15-4)6-9-16-12/h6,9,14H,5,7-8,10H2,1-4H3. The molecule has 0 bridgehead atoms. The van der Waals surface area contributed by atoms with Gasteiger partial charge in [-0.3, -0.25) is 0 Å². The fourth-order valence-corrected chi connectivity index (χ4v) is 2.39. The van der Waals surface area contributed by atoms with E-state index in [1.807, 2.05) is 6.07 Å². The number of thiophene rings is 1. The van der Waals surface area contributed by atoms with E-state index in [1.54, 1.807) is 18.4 Å². The van der Waals surface area contributed by atoms with E-state index in [2.05, 4.69) is 31.5 Å². The summed E-state index contributed by atoms with van der Waals surface area (Å²) < 4.78 is 5.27. The highest BCUT2D eigenvalue weighted by Gasteiger charge is 2.09. The predicted octanol–water partition coefficient (Wildman–Crippen LogP) is 3.67. The van der Waals surface area contributed by atoms with E-state index < -0.39 is 0 Å². The van der Waals surface area contributed by atoms with Gasteiger partial charge in [-0.1, -0.05) is 20.8 Å². The van der Waals surface area contributed by atoms with Gasteiger partial charge in [0.05, 0.1) is 12.0 Å². The molecule has 0 aliphatic carbocycles. The Hall–Kier alpha value is -0.540. The largest absolute Gasteiger partial charge is 0.496 e. The van der Waals surface area contributed by atoms with E-state index >= 15 is 0 Å². The molecule has 0 saturated heterocycles. The van der Waals surface area contributed by atoms with Gasteiger partial charge in [0.15, 0.2) is 0 Å². The Morgan fingerprint density at radius 2 is 2.12 bits per heavy atom. The molecule has 92 valence electrons. The lowest BCUT2D eigenvalue weighted by atomic mass is 9.91. The Morgan fingerprint density at radius 1 is 1.38 bits per heavy atom. The van der Waals surface area contributed by atoms with Crippen LogP contribution in [0.5, 0.6) is 5.75 Å². The van der Waals surface area contributed by atoms with Crippen LogP contribution in [-0.2, 0) is 6.54 Å². The molecule has 0 spiro atoms. The number of nitrogens with one attached hydrogen (secondary N) is 1. The smallest absolute Gasteiger partial charge is 0.134 e. The van der Waals surface area contributed by atoms with Crippen LogP contribution in [0.1, 0.15) is 38.5 Å². The molecular formula is C13H23NOS. The third kappa shape index (κ3) is 4.99. The Labute approximate surface area is 103 Å². The highest BCUT2D eigenvalue weighted by Crippen LogP contribution is 2.24. The van der Waals surface area contributed by atoms with Crippen LogP contribution in [0.3, 0.4) is 0 Å². The lowest BCUT2D eigenvalue weighted by Crippen LogP contribution is -2.16. The van der Waals surface area contributed by atoms with Crippen LogP contribution in [-0.4, -0.2) is 13.7 Å². The maximum atomic E-state index is 5.27. The molecule has 3 heteroatoms. The molecule has 1 aromatic rings. The van der Waals surface area contributed by atoms with E-state index in [4.69, 9.17) is 4.74 Å². The van der Waals surface area contributed by atoms with Crippen molar-refractivity contribution in [3.63, 3.8) is 0 Å². The maximum Gasteiger partial charge on any atom is 0.134 e. The van der Waals surface area contributed by atoms with Gasteiger partial charge in [0.2, 0.25) is 0 Å². The molecule has 0 radical (unpaired) electrons. The number of rotatable bonds is 6. The summed E-state index contributed by atoms with van der Waals surface area (Å²) in [5, 5.41) is 5.54. The predicted molar refractivity (Wildman–Crippen MR) is 71.3 cm³/mol. The minimum atomic E-state index is 0.447. The highest BCUT2D eigenvalue weighted by atomic mass is 32.1. The normalized spacial score (nSPS) is 11.8. The summed E-state index contributed by atoms with van der Waals surface area (Å²) >= 11 is 1.75. The van der Waals surface area contributed by atoms with Gasteiger partial charge in [0, 0.05) is 6.54 Å². The molecule has 1 N–H and O–H groups in total. The first kappa shape index (κ1) is 13.5. The van der Waals surface area contributed by atoms with E-state index in [9.17, 15) is 0 Å². The Kier molecular flexibility index (Phi) is 5.29. The number of hydrogen-bond donors (Lipinski definition) is 1. The van der Waals surface area contributed by atoms with Crippen molar-refractivity contribution in [2.45, 2.75) is 40.2 Å². The minimum Gasteiger partial charge on any atom is -0.496 e. The van der Waals surface area contributed by atoms with E-state index in [1.165, 1.54) is 17.7 Å². The molecule has 0 unspecified atom stereocenters. The van der Waals surface area contributed by atoms with Gasteiger partial charge in [-0.05, 0) is 36.2 Å². The lowest BCUT2D eigenvalue weighted by molar-refractivity contribution is 0.360. The highest BCUT2D eigenvalue weighted by molar-refractivity contribution is 7.10. The van der Waals surface area contributed by atoms with Crippen LogP contribution in [0.2, 0.25) is 0 Å². The van der Waals surface area contributed by atoms with Crippen LogP contribution in [0.4, 0.5) is 0 Å². The first-order valence-corrected chi connectivity index (χ1v) is 6.72. The first-order valence-electron chi connectivity index (χ1n) is 5.84. The Morgan fingerprint density at radius 3 is 2.75 bits per heavy atom. The quantitative estimate of drug-likeness (QED) is 0.767. The van der Waals surface area contributed by atoms with E-state index in [-0.39, 0.29) is 0 Å². The summed E-state index contributed by atoms with van der Waals surface area (Å²) in [6, 6.07) is 2.02. The number of methoxy groups -OCH3 is 1. The molecule has 0 aliphatic rings. The second-order valence-corrected chi connectivity index (χ2v) is 6.25. The molecule has 0 aliphatic heterocycles. The molecule has 16 heavy (non-hydrogen) atoms. The summed E-state index contributed by atoms with van der Waals surface area (Å²) in [6.45, 7) is 8.86. The second kappa shape index (κ2) is 6.26. The fraction of sp³-hybridized carbons (Fsp3) is 0.692. The van der Waals surface area contributed by atoms with Crippen molar-refractivity contribution in [1.82, 2.24) is 5.32 Å². The third-order valence-corrected chi connectivity index (χ3v) is 3.39. The monoisotopic (exact) mass is 241 g/mol. The fourth-order valence-electron chi connectivity index (χ4n) is 1.59. The molecule has 1 aromatic heterocycles. The van der Waals surface area contributed by atoms with Crippen molar-refractivity contribution < 1.29 is 4.74 Å². The summed E-state index contributed by atoms with van der Waals surface area (Å²) in [5.74, 6) is 1.01. The van der Waals surface area contributed by atoms with Crippen LogP contribution in [0.15, 0.2) is 11.4 Å². The van der Waals surface area contributed by atoms with Gasteiger partial charge in [-0.25, -0.2) is 0 Å². The SMILES string of the molecule is COc1ccsc1CNCCCC(C)(C)C. The summed E-state index contributed by atoms with van der Waals surface area (Å²) in [4.78, 5) is 1.29. The molecule has 0 atom stereocenters. The van der Waals surface area contributed by atoms with Crippen LogP contribution in [0, 0.1) is 5.41 Å².